The number of nitrogens with zero attached hydrogens (tertiary/aromatic N) is 4. The summed E-state index contributed by atoms with van der Waals surface area (Å²) in [6, 6.07) is 13.3. The summed E-state index contributed by atoms with van der Waals surface area (Å²) in [6.07, 6.45) is 0.448. The quantitative estimate of drug-likeness (QED) is 0.487. The molecular formula is C32H44N4O5. The van der Waals surface area contributed by atoms with E-state index >= 15 is 0 Å². The monoisotopic (exact) mass is 564 g/mol. The molecule has 1 unspecified atom stereocenters. The van der Waals surface area contributed by atoms with Gasteiger partial charge in [-0.05, 0) is 74.0 Å². The molecule has 0 N–H and O–H groups in total. The molecule has 222 valence electrons. The van der Waals surface area contributed by atoms with Crippen LogP contribution in [-0.4, -0.2) is 88.7 Å². The van der Waals surface area contributed by atoms with Gasteiger partial charge in [0.1, 0.15) is 12.6 Å². The predicted octanol–water partition coefficient (Wildman–Crippen LogP) is 4.64. The Bertz CT molecular complexity index is 1250. The van der Waals surface area contributed by atoms with E-state index in [1.807, 2.05) is 61.2 Å². The normalized spacial score (nSPS) is 24.5. The number of carbonyl (C=O) groups is 3. The molecule has 2 aromatic carbocycles. The number of hydrogen-bond acceptors (Lipinski definition) is 6. The topological polar surface area (TPSA) is 82.6 Å². The van der Waals surface area contributed by atoms with Crippen molar-refractivity contribution in [3.05, 3.63) is 48.0 Å². The standard InChI is InChI=1S/C32H44N4O5/c1-21(2)17-27-30(37)34(25-13-15-33(5)16-14-25)19-29-35(27)31(38)28(18-22(3)4)41-36(29)32(39)40-20-24-11-8-10-23-9-6-7-12-26(23)24/h6-12,21-22,25,27-29H,13-20H2,1-5H3/t27-,28+,29?/m0/s1. The minimum atomic E-state index is -0.853. The van der Waals surface area contributed by atoms with Crippen molar-refractivity contribution in [1.29, 1.82) is 0 Å². The minimum absolute atomic E-state index is 0.0212. The average Bonchev–Trinajstić information content (AvgIpc) is 2.94. The highest BCUT2D eigenvalue weighted by Crippen LogP contribution is 2.34. The van der Waals surface area contributed by atoms with E-state index in [4.69, 9.17) is 9.57 Å². The Hall–Kier alpha value is -3.17. The van der Waals surface area contributed by atoms with Crippen molar-refractivity contribution in [2.45, 2.75) is 84.3 Å². The summed E-state index contributed by atoms with van der Waals surface area (Å²) in [5.74, 6) is 0.109. The smallest absolute Gasteiger partial charge is 0.436 e. The fraction of sp³-hybridized carbons (Fsp3) is 0.594. The number of rotatable bonds is 7. The van der Waals surface area contributed by atoms with E-state index in [2.05, 4.69) is 25.8 Å². The van der Waals surface area contributed by atoms with E-state index in [-0.39, 0.29) is 42.8 Å². The third-order valence-electron chi connectivity index (χ3n) is 8.55. The lowest BCUT2D eigenvalue weighted by molar-refractivity contribution is -0.270. The second-order valence-corrected chi connectivity index (χ2v) is 12.6. The van der Waals surface area contributed by atoms with Crippen LogP contribution in [0.2, 0.25) is 0 Å². The lowest BCUT2D eigenvalue weighted by atomic mass is 9.93. The highest BCUT2D eigenvalue weighted by atomic mass is 16.7. The Balaban J connectivity index is 1.44. The maximum absolute atomic E-state index is 14.0. The van der Waals surface area contributed by atoms with Crippen molar-refractivity contribution in [1.82, 2.24) is 19.8 Å². The Morgan fingerprint density at radius 3 is 2.34 bits per heavy atom. The van der Waals surface area contributed by atoms with Crippen LogP contribution in [-0.2, 0) is 25.8 Å². The highest BCUT2D eigenvalue weighted by Gasteiger charge is 2.54. The van der Waals surface area contributed by atoms with Crippen LogP contribution in [0.1, 0.15) is 58.9 Å². The molecule has 2 aromatic rings. The van der Waals surface area contributed by atoms with E-state index in [1.54, 1.807) is 4.90 Å². The molecule has 0 aliphatic carbocycles. The summed E-state index contributed by atoms with van der Waals surface area (Å²) >= 11 is 0. The third kappa shape index (κ3) is 6.21. The second-order valence-electron chi connectivity index (χ2n) is 12.6. The molecule has 3 atom stereocenters. The van der Waals surface area contributed by atoms with Crippen LogP contribution >= 0.6 is 0 Å². The van der Waals surface area contributed by atoms with Crippen LogP contribution in [0.5, 0.6) is 0 Å². The average molecular weight is 565 g/mol. The molecular weight excluding hydrogens is 520 g/mol. The molecule has 0 radical (unpaired) electrons. The fourth-order valence-electron chi connectivity index (χ4n) is 6.43. The van der Waals surface area contributed by atoms with Gasteiger partial charge in [0.25, 0.3) is 5.91 Å². The number of ether oxygens (including phenoxy) is 1. The first kappa shape index (κ1) is 29.3. The van der Waals surface area contributed by atoms with Crippen molar-refractivity contribution >= 4 is 28.7 Å². The van der Waals surface area contributed by atoms with Crippen molar-refractivity contribution in [3.63, 3.8) is 0 Å². The summed E-state index contributed by atoms with van der Waals surface area (Å²) in [6.45, 7) is 10.2. The summed E-state index contributed by atoms with van der Waals surface area (Å²) in [7, 11) is 2.09. The Labute approximate surface area is 243 Å². The van der Waals surface area contributed by atoms with Crippen LogP contribution in [0.4, 0.5) is 4.79 Å². The number of fused-ring (bicyclic) bond motifs is 2. The van der Waals surface area contributed by atoms with Gasteiger partial charge >= 0.3 is 6.09 Å². The maximum atomic E-state index is 14.0. The first-order valence-electron chi connectivity index (χ1n) is 15.0. The highest BCUT2D eigenvalue weighted by molar-refractivity contribution is 5.92. The molecule has 3 saturated heterocycles. The van der Waals surface area contributed by atoms with Gasteiger partial charge in [0.15, 0.2) is 12.3 Å². The number of hydrogen-bond donors (Lipinski definition) is 0. The number of amides is 3. The maximum Gasteiger partial charge on any atom is 0.436 e. The van der Waals surface area contributed by atoms with Gasteiger partial charge in [-0.1, -0.05) is 70.2 Å². The zero-order chi connectivity index (χ0) is 29.3. The van der Waals surface area contributed by atoms with Gasteiger partial charge < -0.3 is 19.4 Å². The summed E-state index contributed by atoms with van der Waals surface area (Å²) in [5.41, 5.74) is 0.893. The lowest BCUT2D eigenvalue weighted by Gasteiger charge is -2.54. The Morgan fingerprint density at radius 2 is 1.63 bits per heavy atom. The molecule has 41 heavy (non-hydrogen) atoms. The fourth-order valence-corrected chi connectivity index (χ4v) is 6.43. The van der Waals surface area contributed by atoms with Crippen LogP contribution in [0.3, 0.4) is 0 Å². The molecule has 0 spiro atoms. The number of likely N-dealkylation sites (tertiary alicyclic amines) is 1. The van der Waals surface area contributed by atoms with E-state index in [0.717, 1.165) is 42.3 Å². The number of piperazine rings is 1. The molecule has 0 saturated carbocycles. The minimum Gasteiger partial charge on any atom is -0.443 e. The van der Waals surface area contributed by atoms with Crippen LogP contribution in [0.15, 0.2) is 42.5 Å². The zero-order valence-electron chi connectivity index (χ0n) is 25.0. The van der Waals surface area contributed by atoms with Gasteiger partial charge in [0.05, 0.1) is 6.54 Å². The van der Waals surface area contributed by atoms with E-state index in [9.17, 15) is 14.4 Å². The van der Waals surface area contributed by atoms with Crippen LogP contribution in [0, 0.1) is 11.8 Å². The molecule has 9 heteroatoms. The SMILES string of the molecule is CC(C)C[C@H]1ON(C(=O)OCc2cccc3ccccc23)C2CN(C3CCN(C)CC3)C(=O)[C@H](CC(C)C)N2C1=O. The third-order valence-corrected chi connectivity index (χ3v) is 8.55. The van der Waals surface area contributed by atoms with Crippen LogP contribution in [0.25, 0.3) is 10.8 Å². The van der Waals surface area contributed by atoms with Gasteiger partial charge in [-0.2, -0.15) is 5.06 Å². The van der Waals surface area contributed by atoms with Crippen molar-refractivity contribution in [3.8, 4) is 0 Å². The number of carbonyl (C=O) groups excluding carboxylic acids is 3. The van der Waals surface area contributed by atoms with Gasteiger partial charge in [0, 0.05) is 6.04 Å². The second kappa shape index (κ2) is 12.4. The van der Waals surface area contributed by atoms with E-state index < -0.39 is 24.4 Å². The van der Waals surface area contributed by atoms with Crippen molar-refractivity contribution in [2.75, 3.05) is 26.7 Å². The molecule has 0 aromatic heterocycles. The van der Waals surface area contributed by atoms with Gasteiger partial charge in [0.2, 0.25) is 5.91 Å². The van der Waals surface area contributed by atoms with E-state index in [1.165, 1.54) is 5.06 Å². The van der Waals surface area contributed by atoms with Gasteiger partial charge in [-0.25, -0.2) is 4.79 Å². The molecule has 3 aliphatic heterocycles. The van der Waals surface area contributed by atoms with Gasteiger partial charge in [-0.3, -0.25) is 14.4 Å². The molecule has 3 fully saturated rings. The molecule has 0 bridgehead atoms. The first-order valence-corrected chi connectivity index (χ1v) is 15.0. The number of benzene rings is 2. The first-order chi connectivity index (χ1) is 19.6. The van der Waals surface area contributed by atoms with Crippen LogP contribution < -0.4 is 0 Å². The Kier molecular flexibility index (Phi) is 8.85. The number of hydroxylamine groups is 2. The molecule has 3 aliphatic rings. The molecule has 3 heterocycles. The van der Waals surface area contributed by atoms with Gasteiger partial charge in [-0.15, -0.1) is 0 Å². The summed E-state index contributed by atoms with van der Waals surface area (Å²) < 4.78 is 5.87. The number of piperidine rings is 1. The van der Waals surface area contributed by atoms with Crippen molar-refractivity contribution in [2.24, 2.45) is 11.8 Å². The summed E-state index contributed by atoms with van der Waals surface area (Å²) in [4.78, 5) is 53.7. The molecule has 3 amide bonds. The zero-order valence-corrected chi connectivity index (χ0v) is 25.0. The Morgan fingerprint density at radius 1 is 0.951 bits per heavy atom. The molecule has 5 rings (SSSR count). The summed E-state index contributed by atoms with van der Waals surface area (Å²) in [5, 5.41) is 3.34. The van der Waals surface area contributed by atoms with E-state index in [0.29, 0.717) is 12.8 Å². The lowest BCUT2D eigenvalue weighted by Crippen LogP contribution is -2.74. The molecule has 9 nitrogen and oxygen atoms in total. The predicted molar refractivity (Wildman–Crippen MR) is 156 cm³/mol. The van der Waals surface area contributed by atoms with Crippen molar-refractivity contribution < 1.29 is 24.0 Å². The largest absolute Gasteiger partial charge is 0.443 e.